The van der Waals surface area contributed by atoms with Crippen LogP contribution in [0.3, 0.4) is 0 Å². The van der Waals surface area contributed by atoms with Crippen molar-refractivity contribution in [3.63, 3.8) is 0 Å². The van der Waals surface area contributed by atoms with Crippen molar-refractivity contribution in [1.29, 1.82) is 0 Å². The van der Waals surface area contributed by atoms with E-state index in [1.807, 2.05) is 67.1 Å². The van der Waals surface area contributed by atoms with Gasteiger partial charge in [0, 0.05) is 62.9 Å². The monoisotopic (exact) mass is 426 g/mol. The van der Waals surface area contributed by atoms with Crippen LogP contribution in [0, 0.1) is 0 Å². The third-order valence-electron chi connectivity index (χ3n) is 5.29. The fraction of sp³-hybridized carbons (Fsp3) is 0.192. The number of benzene rings is 1. The molecule has 0 radical (unpaired) electrons. The lowest BCUT2D eigenvalue weighted by Gasteiger charge is -2.21. The smallest absolute Gasteiger partial charge is 0.250 e. The van der Waals surface area contributed by atoms with E-state index in [0.29, 0.717) is 6.61 Å². The van der Waals surface area contributed by atoms with Gasteiger partial charge in [-0.3, -0.25) is 19.7 Å². The summed E-state index contributed by atoms with van der Waals surface area (Å²) in [5, 5.41) is 0.984. The Hall–Kier alpha value is -3.77. The second kappa shape index (κ2) is 10.5. The van der Waals surface area contributed by atoms with E-state index in [1.54, 1.807) is 23.9 Å². The normalized spacial score (nSPS) is 11.4. The van der Waals surface area contributed by atoms with E-state index < -0.39 is 0 Å². The molecule has 32 heavy (non-hydrogen) atoms. The largest absolute Gasteiger partial charge is 0.492 e. The van der Waals surface area contributed by atoms with Crippen LogP contribution in [0.1, 0.15) is 11.1 Å². The third-order valence-corrected chi connectivity index (χ3v) is 5.29. The van der Waals surface area contributed by atoms with Crippen LogP contribution < -0.4 is 10.3 Å². The number of fused-ring (bicyclic) bond motifs is 1. The molecule has 0 aliphatic heterocycles. The highest BCUT2D eigenvalue weighted by Gasteiger charge is 2.06. The van der Waals surface area contributed by atoms with Gasteiger partial charge in [-0.15, -0.1) is 0 Å². The first-order valence-corrected chi connectivity index (χ1v) is 10.6. The van der Waals surface area contributed by atoms with Crippen molar-refractivity contribution in [2.45, 2.75) is 6.54 Å². The molecule has 6 heteroatoms. The Bertz CT molecular complexity index is 1240. The first-order valence-electron chi connectivity index (χ1n) is 10.6. The van der Waals surface area contributed by atoms with Crippen LogP contribution >= 0.6 is 0 Å². The van der Waals surface area contributed by atoms with E-state index in [9.17, 15) is 4.79 Å². The minimum Gasteiger partial charge on any atom is -0.492 e. The molecule has 0 aliphatic carbocycles. The zero-order chi connectivity index (χ0) is 22.2. The van der Waals surface area contributed by atoms with E-state index >= 15 is 0 Å². The topological polar surface area (TPSA) is 60.2 Å². The molecule has 0 atom stereocenters. The number of hydrogen-bond acceptors (Lipinski definition) is 5. The lowest BCUT2D eigenvalue weighted by Crippen LogP contribution is -2.28. The molecule has 4 aromatic rings. The van der Waals surface area contributed by atoms with Gasteiger partial charge in [-0.1, -0.05) is 18.2 Å². The molecule has 162 valence electrons. The Morgan fingerprint density at radius 3 is 2.72 bits per heavy atom. The van der Waals surface area contributed by atoms with Crippen LogP contribution in [0.4, 0.5) is 0 Å². The number of nitrogens with zero attached hydrogens (tertiary/aromatic N) is 4. The number of hydrogen-bond donors (Lipinski definition) is 0. The summed E-state index contributed by atoms with van der Waals surface area (Å²) in [4.78, 5) is 22.4. The highest BCUT2D eigenvalue weighted by molar-refractivity contribution is 5.80. The summed E-state index contributed by atoms with van der Waals surface area (Å²) in [5.74, 6) is 0.797. The number of aryl methyl sites for hydroxylation is 1. The Balaban J connectivity index is 1.40. The maximum absolute atomic E-state index is 11.8. The fourth-order valence-electron chi connectivity index (χ4n) is 3.54. The van der Waals surface area contributed by atoms with Crippen LogP contribution in [-0.4, -0.2) is 39.1 Å². The van der Waals surface area contributed by atoms with E-state index in [2.05, 4.69) is 27.0 Å². The van der Waals surface area contributed by atoms with Crippen LogP contribution in [0.5, 0.6) is 5.75 Å². The molecule has 0 aliphatic rings. The molecular weight excluding hydrogens is 400 g/mol. The van der Waals surface area contributed by atoms with Crippen molar-refractivity contribution < 1.29 is 4.74 Å². The highest BCUT2D eigenvalue weighted by atomic mass is 16.5. The molecule has 0 N–H and O–H groups in total. The minimum absolute atomic E-state index is 0.0164. The predicted octanol–water partition coefficient (Wildman–Crippen LogP) is 3.92. The van der Waals surface area contributed by atoms with Crippen LogP contribution in [0.15, 0.2) is 90.3 Å². The van der Waals surface area contributed by atoms with E-state index in [4.69, 9.17) is 4.74 Å². The average Bonchev–Trinajstić information content (AvgIpc) is 2.83. The van der Waals surface area contributed by atoms with E-state index in [1.165, 1.54) is 5.56 Å². The molecule has 3 aromatic heterocycles. The summed E-state index contributed by atoms with van der Waals surface area (Å²) in [6.07, 6.45) is 11.5. The quantitative estimate of drug-likeness (QED) is 0.406. The first-order chi connectivity index (χ1) is 15.7. The summed E-state index contributed by atoms with van der Waals surface area (Å²) in [5.41, 5.74) is 3.17. The van der Waals surface area contributed by atoms with Gasteiger partial charge in [0.2, 0.25) is 0 Å². The highest BCUT2D eigenvalue weighted by Crippen LogP contribution is 2.19. The molecule has 0 spiro atoms. The van der Waals surface area contributed by atoms with Crippen molar-refractivity contribution in [3.05, 3.63) is 107 Å². The van der Waals surface area contributed by atoms with Gasteiger partial charge in [-0.05, 0) is 53.6 Å². The Morgan fingerprint density at radius 1 is 1.03 bits per heavy atom. The van der Waals surface area contributed by atoms with Gasteiger partial charge < -0.3 is 9.30 Å². The van der Waals surface area contributed by atoms with Gasteiger partial charge in [0.25, 0.3) is 5.56 Å². The predicted molar refractivity (Wildman–Crippen MR) is 127 cm³/mol. The van der Waals surface area contributed by atoms with Gasteiger partial charge in [-0.25, -0.2) is 0 Å². The molecular formula is C26H26N4O2. The van der Waals surface area contributed by atoms with E-state index in [0.717, 1.165) is 41.9 Å². The minimum atomic E-state index is -0.0164. The Kier molecular flexibility index (Phi) is 7.05. The van der Waals surface area contributed by atoms with Crippen LogP contribution in [-0.2, 0) is 13.6 Å². The molecule has 6 nitrogen and oxygen atoms in total. The molecule has 0 amide bonds. The van der Waals surface area contributed by atoms with E-state index in [-0.39, 0.29) is 5.56 Å². The maximum Gasteiger partial charge on any atom is 0.250 e. The van der Waals surface area contributed by atoms with Crippen molar-refractivity contribution in [2.24, 2.45) is 7.05 Å². The third kappa shape index (κ3) is 5.68. The van der Waals surface area contributed by atoms with Gasteiger partial charge in [0.15, 0.2) is 0 Å². The lowest BCUT2D eigenvalue weighted by molar-refractivity contribution is 0.217. The molecule has 0 unspecified atom stereocenters. The maximum atomic E-state index is 11.8. The summed E-state index contributed by atoms with van der Waals surface area (Å²) in [7, 11) is 1.78. The number of pyridine rings is 3. The summed E-state index contributed by atoms with van der Waals surface area (Å²) in [6, 6.07) is 17.3. The molecule has 4 rings (SSSR count). The van der Waals surface area contributed by atoms with Crippen molar-refractivity contribution in [3.8, 4) is 5.75 Å². The molecule has 1 aromatic carbocycles. The summed E-state index contributed by atoms with van der Waals surface area (Å²) < 4.78 is 7.68. The van der Waals surface area contributed by atoms with Gasteiger partial charge >= 0.3 is 0 Å². The number of ether oxygens (including phenoxy) is 1. The standard InChI is InChI=1S/C26H26N4O2/c1-29-25-8-7-24(18-23(25)6-9-26(29)31)32-17-16-30(20-22-10-13-27-14-11-22)15-3-5-21-4-2-12-28-19-21/h2-14,18-19H,15-17,20H2,1H3/b5-3+. The summed E-state index contributed by atoms with van der Waals surface area (Å²) in [6.45, 7) is 2.93. The van der Waals surface area contributed by atoms with Gasteiger partial charge in [0.1, 0.15) is 12.4 Å². The number of rotatable bonds is 9. The Morgan fingerprint density at radius 2 is 1.91 bits per heavy atom. The zero-order valence-corrected chi connectivity index (χ0v) is 18.1. The van der Waals surface area contributed by atoms with Crippen molar-refractivity contribution in [1.82, 2.24) is 19.4 Å². The SMILES string of the molecule is Cn1c(=O)ccc2cc(OCCN(C/C=C/c3cccnc3)Cc3ccncc3)ccc21. The molecule has 0 bridgehead atoms. The molecule has 0 saturated heterocycles. The number of aromatic nitrogens is 3. The first kappa shape index (κ1) is 21.5. The van der Waals surface area contributed by atoms with Gasteiger partial charge in [-0.2, -0.15) is 0 Å². The molecule has 0 saturated carbocycles. The zero-order valence-electron chi connectivity index (χ0n) is 18.1. The second-order valence-corrected chi connectivity index (χ2v) is 7.58. The fourth-order valence-corrected chi connectivity index (χ4v) is 3.54. The van der Waals surface area contributed by atoms with Crippen molar-refractivity contribution >= 4 is 17.0 Å². The second-order valence-electron chi connectivity index (χ2n) is 7.58. The van der Waals surface area contributed by atoms with Crippen LogP contribution in [0.2, 0.25) is 0 Å². The average molecular weight is 427 g/mol. The Labute approximate surface area is 187 Å². The molecule has 3 heterocycles. The summed E-state index contributed by atoms with van der Waals surface area (Å²) >= 11 is 0. The van der Waals surface area contributed by atoms with Crippen LogP contribution in [0.25, 0.3) is 17.0 Å². The molecule has 0 fully saturated rings. The lowest BCUT2D eigenvalue weighted by atomic mass is 10.2. The van der Waals surface area contributed by atoms with Crippen molar-refractivity contribution in [2.75, 3.05) is 19.7 Å². The van der Waals surface area contributed by atoms with Gasteiger partial charge in [0.05, 0.1) is 5.52 Å².